The van der Waals surface area contributed by atoms with Crippen LogP contribution in [0.3, 0.4) is 0 Å². The normalized spacial score (nSPS) is 13.3. The molecule has 0 radical (unpaired) electrons. The minimum absolute atomic E-state index is 0.0484. The zero-order valence-corrected chi connectivity index (χ0v) is 20.7. The zero-order chi connectivity index (χ0) is 24.9. The molecule has 1 aliphatic rings. The van der Waals surface area contributed by atoms with E-state index >= 15 is 0 Å². The van der Waals surface area contributed by atoms with Gasteiger partial charge in [0, 0.05) is 19.7 Å². The van der Waals surface area contributed by atoms with Gasteiger partial charge in [-0.3, -0.25) is 13.9 Å². The van der Waals surface area contributed by atoms with E-state index in [-0.39, 0.29) is 25.0 Å². The monoisotopic (exact) mass is 489 g/mol. The van der Waals surface area contributed by atoms with Gasteiger partial charge in [0.15, 0.2) is 11.5 Å². The van der Waals surface area contributed by atoms with Crippen LogP contribution in [-0.4, -0.2) is 57.3 Å². The zero-order valence-electron chi connectivity index (χ0n) is 19.9. The largest absolute Gasteiger partial charge is 0.454 e. The molecule has 34 heavy (non-hydrogen) atoms. The Hall–Kier alpha value is -3.27. The van der Waals surface area contributed by atoms with Crippen molar-refractivity contribution >= 4 is 27.5 Å². The van der Waals surface area contributed by atoms with Crippen LogP contribution in [0.25, 0.3) is 0 Å². The summed E-state index contributed by atoms with van der Waals surface area (Å²) < 4.78 is 37.8. The van der Waals surface area contributed by atoms with Gasteiger partial charge in [-0.1, -0.05) is 31.2 Å². The molecule has 0 saturated carbocycles. The fourth-order valence-corrected chi connectivity index (χ4v) is 4.87. The number of hydrogen-bond acceptors (Lipinski definition) is 6. The van der Waals surface area contributed by atoms with E-state index in [2.05, 4.69) is 5.32 Å². The smallest absolute Gasteiger partial charge is 0.244 e. The Morgan fingerprint density at radius 1 is 1.09 bits per heavy atom. The molecule has 10 heteroatoms. The predicted octanol–water partition coefficient (Wildman–Crippen LogP) is 2.43. The number of hydrogen-bond donors (Lipinski definition) is 1. The molecule has 184 valence electrons. The van der Waals surface area contributed by atoms with Crippen LogP contribution < -0.4 is 19.1 Å². The molecule has 0 aromatic heterocycles. The number of carbonyl (C=O) groups excluding carboxylic acids is 2. The number of aryl methyl sites for hydroxylation is 1. The van der Waals surface area contributed by atoms with Crippen LogP contribution in [0.1, 0.15) is 31.4 Å². The summed E-state index contributed by atoms with van der Waals surface area (Å²) in [4.78, 5) is 27.7. The maximum Gasteiger partial charge on any atom is 0.244 e. The minimum Gasteiger partial charge on any atom is -0.454 e. The van der Waals surface area contributed by atoms with Crippen molar-refractivity contribution in [1.82, 2.24) is 10.2 Å². The van der Waals surface area contributed by atoms with Crippen LogP contribution in [0.5, 0.6) is 11.5 Å². The number of carbonyl (C=O) groups is 2. The van der Waals surface area contributed by atoms with Gasteiger partial charge in [-0.2, -0.15) is 0 Å². The average Bonchev–Trinajstić information content (AvgIpc) is 3.31. The van der Waals surface area contributed by atoms with Gasteiger partial charge in [0.05, 0.1) is 11.4 Å². The molecular formula is C24H31N3O6S. The standard InChI is InChI=1S/C24H31N3O6S/c1-5-20(24(29)25-4)26(14-18-10-8-7-9-17(18)3)23(28)15-27(34(30,31)6-2)19-11-12-21-22(13-19)33-16-32-21/h7-13,20H,5-6,14-16H2,1-4H3,(H,25,29)/t20-/m0/s1. The Kier molecular flexibility index (Phi) is 8.03. The minimum atomic E-state index is -3.81. The molecule has 0 fully saturated rings. The molecule has 0 saturated heterocycles. The van der Waals surface area contributed by atoms with Gasteiger partial charge in [-0.25, -0.2) is 8.42 Å². The lowest BCUT2D eigenvalue weighted by Gasteiger charge is -2.33. The number of fused-ring (bicyclic) bond motifs is 1. The van der Waals surface area contributed by atoms with Crippen molar-refractivity contribution in [2.75, 3.05) is 30.4 Å². The molecule has 1 N–H and O–H groups in total. The van der Waals surface area contributed by atoms with E-state index in [1.807, 2.05) is 38.1 Å². The highest BCUT2D eigenvalue weighted by molar-refractivity contribution is 7.92. The number of sulfonamides is 1. The molecule has 0 spiro atoms. The van der Waals surface area contributed by atoms with E-state index in [9.17, 15) is 18.0 Å². The first-order valence-corrected chi connectivity index (χ1v) is 12.8. The quantitative estimate of drug-likeness (QED) is 0.550. The lowest BCUT2D eigenvalue weighted by Crippen LogP contribution is -2.52. The Bertz CT molecular complexity index is 1150. The van der Waals surface area contributed by atoms with Crippen molar-refractivity contribution in [2.24, 2.45) is 0 Å². The van der Waals surface area contributed by atoms with Crippen LogP contribution in [-0.2, 0) is 26.2 Å². The summed E-state index contributed by atoms with van der Waals surface area (Å²) in [6.45, 7) is 5.04. The molecule has 1 aliphatic heterocycles. The van der Waals surface area contributed by atoms with Gasteiger partial charge < -0.3 is 19.7 Å². The van der Waals surface area contributed by atoms with E-state index in [1.165, 1.54) is 18.9 Å². The summed E-state index contributed by atoms with van der Waals surface area (Å²) in [6.07, 6.45) is 0.377. The second kappa shape index (κ2) is 10.8. The fourth-order valence-electron chi connectivity index (χ4n) is 3.82. The van der Waals surface area contributed by atoms with Crippen LogP contribution in [0.4, 0.5) is 5.69 Å². The van der Waals surface area contributed by atoms with Gasteiger partial charge in [-0.05, 0) is 43.5 Å². The summed E-state index contributed by atoms with van der Waals surface area (Å²) in [5.74, 6) is -0.0597. The Balaban J connectivity index is 1.98. The molecular weight excluding hydrogens is 458 g/mol. The topological polar surface area (TPSA) is 105 Å². The highest BCUT2D eigenvalue weighted by Gasteiger charge is 2.32. The maximum atomic E-state index is 13.6. The molecule has 2 aromatic carbocycles. The molecule has 9 nitrogen and oxygen atoms in total. The summed E-state index contributed by atoms with van der Waals surface area (Å²) >= 11 is 0. The average molecular weight is 490 g/mol. The van der Waals surface area contributed by atoms with Crippen molar-refractivity contribution in [3.05, 3.63) is 53.6 Å². The summed E-state index contributed by atoms with van der Waals surface area (Å²) in [5, 5.41) is 2.61. The lowest BCUT2D eigenvalue weighted by molar-refractivity contribution is -0.140. The molecule has 3 rings (SSSR count). The van der Waals surface area contributed by atoms with Gasteiger partial charge in [-0.15, -0.1) is 0 Å². The third-order valence-electron chi connectivity index (χ3n) is 5.86. The van der Waals surface area contributed by atoms with Crippen LogP contribution in [0.2, 0.25) is 0 Å². The Morgan fingerprint density at radius 3 is 2.44 bits per heavy atom. The Morgan fingerprint density at radius 2 is 1.79 bits per heavy atom. The molecule has 0 bridgehead atoms. The summed E-state index contributed by atoms with van der Waals surface area (Å²) in [5.41, 5.74) is 2.15. The number of nitrogens with zero attached hydrogens (tertiary/aromatic N) is 2. The summed E-state index contributed by atoms with van der Waals surface area (Å²) in [6, 6.07) is 11.6. The first-order valence-electron chi connectivity index (χ1n) is 11.2. The van der Waals surface area contributed by atoms with Crippen LogP contribution in [0.15, 0.2) is 42.5 Å². The Labute approximate surface area is 200 Å². The van der Waals surface area contributed by atoms with Crippen LogP contribution >= 0.6 is 0 Å². The van der Waals surface area contributed by atoms with Crippen molar-refractivity contribution < 1.29 is 27.5 Å². The third-order valence-corrected chi connectivity index (χ3v) is 7.60. The predicted molar refractivity (Wildman–Crippen MR) is 129 cm³/mol. The van der Waals surface area contributed by atoms with Crippen LogP contribution in [0, 0.1) is 6.92 Å². The molecule has 0 unspecified atom stereocenters. The number of nitrogens with one attached hydrogen (secondary N) is 1. The lowest BCUT2D eigenvalue weighted by atomic mass is 10.1. The summed E-state index contributed by atoms with van der Waals surface area (Å²) in [7, 11) is -2.29. The number of rotatable bonds is 10. The van der Waals surface area contributed by atoms with E-state index in [4.69, 9.17) is 9.47 Å². The number of benzene rings is 2. The molecule has 2 aromatic rings. The number of anilines is 1. The molecule has 1 heterocycles. The van der Waals surface area contributed by atoms with E-state index in [0.717, 1.165) is 15.4 Å². The van der Waals surface area contributed by atoms with Gasteiger partial charge in [0.2, 0.25) is 28.6 Å². The highest BCUT2D eigenvalue weighted by Crippen LogP contribution is 2.36. The molecule has 1 atom stereocenters. The maximum absolute atomic E-state index is 13.6. The van der Waals surface area contributed by atoms with Crippen molar-refractivity contribution in [3.63, 3.8) is 0 Å². The van der Waals surface area contributed by atoms with E-state index in [1.54, 1.807) is 18.2 Å². The number of likely N-dealkylation sites (N-methyl/N-ethyl adjacent to an activating group) is 1. The molecule has 0 aliphatic carbocycles. The number of amides is 2. The van der Waals surface area contributed by atoms with Crippen molar-refractivity contribution in [2.45, 2.75) is 39.8 Å². The van der Waals surface area contributed by atoms with Crippen molar-refractivity contribution in [1.29, 1.82) is 0 Å². The fraction of sp³-hybridized carbons (Fsp3) is 0.417. The van der Waals surface area contributed by atoms with E-state index < -0.39 is 28.5 Å². The second-order valence-corrected chi connectivity index (χ2v) is 10.1. The van der Waals surface area contributed by atoms with Gasteiger partial charge >= 0.3 is 0 Å². The van der Waals surface area contributed by atoms with Gasteiger partial charge in [0.1, 0.15) is 12.6 Å². The van der Waals surface area contributed by atoms with Crippen molar-refractivity contribution in [3.8, 4) is 11.5 Å². The second-order valence-electron chi connectivity index (χ2n) is 7.93. The molecule has 2 amide bonds. The first kappa shape index (κ1) is 25.4. The third kappa shape index (κ3) is 5.44. The van der Waals surface area contributed by atoms with Gasteiger partial charge in [0.25, 0.3) is 0 Å². The number of ether oxygens (including phenoxy) is 2. The SMILES string of the molecule is CC[C@@H](C(=O)NC)N(Cc1ccccc1C)C(=O)CN(c1ccc2c(c1)OCO2)S(=O)(=O)CC. The highest BCUT2D eigenvalue weighted by atomic mass is 32.2. The first-order chi connectivity index (χ1) is 16.2. The van der Waals surface area contributed by atoms with E-state index in [0.29, 0.717) is 23.6 Å².